The highest BCUT2D eigenvalue weighted by Gasteiger charge is 2.29. The van der Waals surface area contributed by atoms with E-state index in [1.807, 2.05) is 78.9 Å². The van der Waals surface area contributed by atoms with E-state index in [4.69, 9.17) is 23.0 Å². The summed E-state index contributed by atoms with van der Waals surface area (Å²) in [4.78, 5) is 4.72. The summed E-state index contributed by atoms with van der Waals surface area (Å²) in [5, 5.41) is 6.90. The van der Waals surface area contributed by atoms with Crippen LogP contribution in [0.4, 0.5) is 34.1 Å². The van der Waals surface area contributed by atoms with Crippen LogP contribution in [0.25, 0.3) is 172 Å². The summed E-state index contributed by atoms with van der Waals surface area (Å²) >= 11 is 0. The Morgan fingerprint density at radius 3 is 1.05 bits per heavy atom. The van der Waals surface area contributed by atoms with Gasteiger partial charge in [-0.1, -0.05) is 267 Å². The Labute approximate surface area is 703 Å². The van der Waals surface area contributed by atoms with Crippen LogP contribution in [0.15, 0.2) is 440 Å². The number of benzene rings is 19. The number of furan rings is 2. The fraction of sp³-hybridized carbons (Fsp3) is 0. The zero-order valence-corrected chi connectivity index (χ0v) is 65.9. The van der Waals surface area contributed by atoms with E-state index in [-0.39, 0.29) is 0 Å². The van der Waals surface area contributed by atoms with Crippen LogP contribution >= 0.6 is 0 Å². The number of rotatable bonds is 10. The second-order valence-electron chi connectivity index (χ2n) is 31.3. The summed E-state index contributed by atoms with van der Waals surface area (Å²) in [7, 11) is 0. The molecule has 25 rings (SSSR count). The van der Waals surface area contributed by atoms with E-state index in [1.165, 1.54) is 21.8 Å². The first-order chi connectivity index (χ1) is 60.5. The lowest BCUT2D eigenvalue weighted by atomic mass is 9.91. The van der Waals surface area contributed by atoms with Gasteiger partial charge in [-0.25, -0.2) is 0 Å². The second kappa shape index (κ2) is 28.7. The lowest BCUT2D eigenvalue weighted by molar-refractivity contribution is 0.487. The van der Waals surface area contributed by atoms with E-state index < -0.39 is 0 Å². The van der Waals surface area contributed by atoms with Crippen molar-refractivity contribution in [2.45, 2.75) is 0 Å². The number of ether oxygens (including phenoxy) is 3. The molecule has 0 radical (unpaired) electrons. The van der Waals surface area contributed by atoms with Crippen molar-refractivity contribution in [3.63, 3.8) is 0 Å². The first-order valence-electron chi connectivity index (χ1n) is 41.3. The van der Waals surface area contributed by atoms with Crippen molar-refractivity contribution < 1.29 is 23.0 Å². The third-order valence-electron chi connectivity index (χ3n) is 24.3. The van der Waals surface area contributed by atoms with Gasteiger partial charge in [0, 0.05) is 111 Å². The van der Waals surface area contributed by atoms with Gasteiger partial charge >= 0.3 is 0 Å². The largest absolute Gasteiger partial charge is 0.456 e. The van der Waals surface area contributed by atoms with Gasteiger partial charge in [0.15, 0.2) is 0 Å². The summed E-state index contributed by atoms with van der Waals surface area (Å²) in [6.45, 7) is 0. The van der Waals surface area contributed by atoms with Crippen LogP contribution < -0.4 is 24.0 Å². The molecule has 0 atom stereocenters. The maximum absolute atomic E-state index is 6.56. The lowest BCUT2D eigenvalue weighted by Gasteiger charge is -2.28. The normalized spacial score (nSPS) is 12.0. The highest BCUT2D eigenvalue weighted by molar-refractivity contribution is 6.13. The molecule has 6 heterocycles. The predicted octanol–water partition coefficient (Wildman–Crippen LogP) is 32.5. The SMILES string of the molecule is c1ccc(-n2c3ccccc3c3cc(N(c4ccc(-c5ccc6c(c5)-c5ccccc5Oc5ccccc5-6)cc4)c4ccc(-c5cccc6c5oc5ccccc56)cc4)ccc32)cc1.c1ccc2c(c1)Oc1ccccc1-c1cc(N(c3ccc(-c4ccc5oc6ccccc6c5c4)cc3)c3ccc4c(c3)-c3ccccc3Oc3ccccc3-4)ccc1-2. The Morgan fingerprint density at radius 1 is 0.172 bits per heavy atom. The molecule has 0 aliphatic carbocycles. The number of aromatic nitrogens is 1. The van der Waals surface area contributed by atoms with Crippen LogP contribution in [0.3, 0.4) is 0 Å². The molecule has 22 aromatic rings. The van der Waals surface area contributed by atoms with Gasteiger partial charge in [0.05, 0.1) is 11.0 Å². The average Bonchev–Trinajstić information content (AvgIpc) is 1.01. The number of para-hydroxylation sites is 11. The van der Waals surface area contributed by atoms with Gasteiger partial charge in [0.1, 0.15) is 56.8 Å². The van der Waals surface area contributed by atoms with E-state index >= 15 is 0 Å². The van der Waals surface area contributed by atoms with Crippen molar-refractivity contribution >= 4 is 99.8 Å². The van der Waals surface area contributed by atoms with Crippen LogP contribution in [0, 0.1) is 0 Å². The maximum atomic E-state index is 6.56. The van der Waals surface area contributed by atoms with Gasteiger partial charge in [-0.15, -0.1) is 0 Å². The predicted molar refractivity (Wildman–Crippen MR) is 500 cm³/mol. The molecule has 19 aromatic carbocycles. The zero-order chi connectivity index (χ0) is 80.3. The molecular formula is C114H71N3O5. The zero-order valence-electron chi connectivity index (χ0n) is 65.9. The number of nitrogens with zero attached hydrogens (tertiary/aromatic N) is 3. The first kappa shape index (κ1) is 69.8. The second-order valence-corrected chi connectivity index (χ2v) is 31.3. The van der Waals surface area contributed by atoms with Crippen LogP contribution in [0.2, 0.25) is 0 Å². The van der Waals surface area contributed by atoms with E-state index in [0.717, 1.165) is 218 Å². The molecule has 0 amide bonds. The number of anilines is 6. The van der Waals surface area contributed by atoms with Crippen LogP contribution in [0.5, 0.6) is 34.5 Å². The van der Waals surface area contributed by atoms with Gasteiger partial charge < -0.3 is 37.4 Å². The van der Waals surface area contributed by atoms with Crippen molar-refractivity contribution in [2.24, 2.45) is 0 Å². The molecule has 3 aliphatic rings. The topological polar surface area (TPSA) is 65.4 Å². The molecule has 3 aliphatic heterocycles. The quantitative estimate of drug-likeness (QED) is 0.135. The molecule has 0 unspecified atom stereocenters. The van der Waals surface area contributed by atoms with Gasteiger partial charge in [0.2, 0.25) is 0 Å². The third-order valence-corrected chi connectivity index (χ3v) is 24.3. The number of hydrogen-bond donors (Lipinski definition) is 0. The Balaban J connectivity index is 0.000000139. The average molecular weight is 1560 g/mol. The van der Waals surface area contributed by atoms with Crippen molar-refractivity contribution in [1.82, 2.24) is 4.57 Å². The smallest absolute Gasteiger partial charge is 0.143 e. The van der Waals surface area contributed by atoms with Crippen molar-refractivity contribution in [3.8, 4) is 140 Å². The summed E-state index contributed by atoms with van der Waals surface area (Å²) < 4.78 is 34.6. The summed E-state index contributed by atoms with van der Waals surface area (Å²) in [5.41, 5.74) is 33.3. The Kier molecular flexibility index (Phi) is 16.5. The van der Waals surface area contributed by atoms with Crippen molar-refractivity contribution in [1.29, 1.82) is 0 Å². The molecule has 3 aromatic heterocycles. The monoisotopic (exact) mass is 1560 g/mol. The Morgan fingerprint density at radius 2 is 0.516 bits per heavy atom. The summed E-state index contributed by atoms with van der Waals surface area (Å²) in [6.07, 6.45) is 0. The van der Waals surface area contributed by atoms with Crippen LogP contribution in [-0.4, -0.2) is 4.57 Å². The van der Waals surface area contributed by atoms with Crippen LogP contribution in [0.1, 0.15) is 0 Å². The summed E-state index contributed by atoms with van der Waals surface area (Å²) in [6, 6.07) is 153. The van der Waals surface area contributed by atoms with E-state index in [9.17, 15) is 0 Å². The number of hydrogen-bond acceptors (Lipinski definition) is 7. The van der Waals surface area contributed by atoms with Gasteiger partial charge in [-0.05, 0) is 225 Å². The molecule has 0 fully saturated rings. The minimum Gasteiger partial charge on any atom is -0.456 e. The molecule has 122 heavy (non-hydrogen) atoms. The molecule has 8 heteroatoms. The van der Waals surface area contributed by atoms with Crippen molar-refractivity contribution in [2.75, 3.05) is 9.80 Å². The highest BCUT2D eigenvalue weighted by Crippen LogP contribution is 2.54. The third kappa shape index (κ3) is 11.8. The van der Waals surface area contributed by atoms with E-state index in [2.05, 4.69) is 366 Å². The Hall–Kier alpha value is -16.4. The molecule has 0 N–H and O–H groups in total. The first-order valence-corrected chi connectivity index (χ1v) is 41.3. The van der Waals surface area contributed by atoms with Crippen molar-refractivity contribution in [3.05, 3.63) is 431 Å². The highest BCUT2D eigenvalue weighted by atomic mass is 16.5. The number of fused-ring (bicyclic) bond motifs is 24. The molecule has 8 nitrogen and oxygen atoms in total. The molecular weight excluding hydrogens is 1490 g/mol. The standard InChI is InChI=1S/C60H38N2O2.C54H33NO3/c1-2-13-42(14-3-1)62-55-21-8-4-15-48(55)54-38-45(34-36-56(54)62)61(44-32-27-40(28-33-44)46-19-12-20-52-50-17-6-11-24-59(50)64-60(46)52)43-30-25-39(26-31-43)41-29-35-47-49-16-5-9-22-57(49)63-58-23-10-7-18-51(58)53(47)37-41;1-6-16-49-41(11-1)39-28-26-37(32-46(39)43-13-3-8-18-51(43)56-49)55(36-24-21-34(22-25-36)35-23-30-54-48(31-35)45-15-5-10-20-53(45)58-54)38-27-29-40-42-12-2-7-17-50(42)57-52-19-9-4-14-44(52)47(40)33-38/h1-38H;1-33H. The van der Waals surface area contributed by atoms with Gasteiger partial charge in [-0.3, -0.25) is 0 Å². The maximum Gasteiger partial charge on any atom is 0.143 e. The minimum absolute atomic E-state index is 0.837. The fourth-order valence-electron chi connectivity index (χ4n) is 18.6. The van der Waals surface area contributed by atoms with Crippen LogP contribution in [-0.2, 0) is 0 Å². The minimum atomic E-state index is 0.837. The molecule has 0 saturated carbocycles. The Bertz CT molecular complexity index is 7790. The van der Waals surface area contributed by atoms with Gasteiger partial charge in [0.25, 0.3) is 0 Å². The fourth-order valence-corrected chi connectivity index (χ4v) is 18.6. The van der Waals surface area contributed by atoms with Gasteiger partial charge in [-0.2, -0.15) is 0 Å². The van der Waals surface area contributed by atoms with E-state index in [0.29, 0.717) is 0 Å². The lowest BCUT2D eigenvalue weighted by Crippen LogP contribution is -2.10. The molecule has 0 bridgehead atoms. The summed E-state index contributed by atoms with van der Waals surface area (Å²) in [5.74, 6) is 5.10. The van der Waals surface area contributed by atoms with E-state index in [1.54, 1.807) is 0 Å². The molecule has 0 spiro atoms. The molecule has 572 valence electrons. The molecule has 0 saturated heterocycles.